The van der Waals surface area contributed by atoms with Gasteiger partial charge in [0.15, 0.2) is 0 Å². The zero-order chi connectivity index (χ0) is 7.72. The zero-order valence-electron chi connectivity index (χ0n) is 7.47. The first-order chi connectivity index (χ1) is 4.61. The van der Waals surface area contributed by atoms with Crippen molar-refractivity contribution in [3.05, 3.63) is 28.8 Å². The van der Waals surface area contributed by atoms with Crippen LogP contribution in [0, 0.1) is 32.9 Å². The summed E-state index contributed by atoms with van der Waals surface area (Å²) in [5, 5.41) is 9.14. The summed E-state index contributed by atoms with van der Waals surface area (Å²) in [7, 11) is 0. The molecule has 1 rings (SSSR count). The summed E-state index contributed by atoms with van der Waals surface area (Å²) in [6, 6.07) is 5.86. The summed E-state index contributed by atoms with van der Waals surface area (Å²) in [5.41, 5.74) is 2.78. The molecule has 1 nitrogen and oxygen atoms in total. The maximum atomic E-state index is 9.14. The normalized spacial score (nSPS) is 8.25. The van der Waals surface area contributed by atoms with Gasteiger partial charge in [-0.1, -0.05) is 0 Å². The monoisotopic (exact) mass is 274 g/mol. The Morgan fingerprint density at radius 1 is 0.917 bits per heavy atom. The van der Waals surface area contributed by atoms with Crippen LogP contribution in [-0.4, -0.2) is 5.11 Å². The van der Waals surface area contributed by atoms with E-state index in [9.17, 15) is 0 Å². The second-order valence-electron chi connectivity index (χ2n) is 2.47. The third-order valence-corrected chi connectivity index (χ3v) is 1.60. The average molecular weight is 274 g/mol. The number of hydrogen-bond acceptors (Lipinski definition) is 1. The Hall–Kier alpha value is 0.708. The van der Waals surface area contributed by atoms with E-state index >= 15 is 0 Å². The Kier molecular flexibility index (Phi) is 7.86. The van der Waals surface area contributed by atoms with Gasteiger partial charge < -0.3 is 11.2 Å². The van der Waals surface area contributed by atoms with Crippen molar-refractivity contribution in [1.29, 1.82) is 0 Å². The minimum Gasteiger partial charge on any atom is -0.591 e. The van der Waals surface area contributed by atoms with Crippen LogP contribution in [0.4, 0.5) is 0 Å². The van der Waals surface area contributed by atoms with Crippen LogP contribution in [0.1, 0.15) is 16.7 Å². The molecule has 0 aliphatic heterocycles. The SMILES string of the molecule is Cc1[c-]c(C)c(O)[c-]c1C.[V].[Y]. The molecule has 1 aromatic rings. The first kappa shape index (κ1) is 15.2. The molecule has 12 heavy (non-hydrogen) atoms. The van der Waals surface area contributed by atoms with Crippen molar-refractivity contribution >= 4 is 0 Å². The Bertz CT molecular complexity index is 211. The Morgan fingerprint density at radius 3 is 1.75 bits per heavy atom. The molecular weight excluding hydrogens is 264 g/mol. The number of hydrogen-bond donors (Lipinski definition) is 1. The molecule has 0 bridgehead atoms. The largest absolute Gasteiger partial charge is 0.591 e. The Morgan fingerprint density at radius 2 is 1.33 bits per heavy atom. The number of aromatic hydroxyl groups is 1. The summed E-state index contributed by atoms with van der Waals surface area (Å²) in [6.45, 7) is 5.68. The molecule has 0 fully saturated rings. The van der Waals surface area contributed by atoms with Crippen LogP contribution in [0.15, 0.2) is 0 Å². The first-order valence-corrected chi connectivity index (χ1v) is 3.22. The van der Waals surface area contributed by atoms with E-state index in [1.165, 1.54) is 0 Å². The molecule has 62 valence electrons. The Labute approximate surface area is 111 Å². The molecule has 1 aromatic carbocycles. The van der Waals surface area contributed by atoms with Crippen LogP contribution in [0.2, 0.25) is 0 Å². The van der Waals surface area contributed by atoms with Gasteiger partial charge >= 0.3 is 0 Å². The van der Waals surface area contributed by atoms with Crippen LogP contribution >= 0.6 is 0 Å². The van der Waals surface area contributed by atoms with Crippen LogP contribution in [0.25, 0.3) is 0 Å². The minimum absolute atomic E-state index is 0. The van der Waals surface area contributed by atoms with Gasteiger partial charge in [0.2, 0.25) is 0 Å². The average Bonchev–Trinajstić information content (AvgIpc) is 1.84. The van der Waals surface area contributed by atoms with E-state index in [4.69, 9.17) is 5.11 Å². The fourth-order valence-corrected chi connectivity index (χ4v) is 0.799. The fourth-order valence-electron chi connectivity index (χ4n) is 0.799. The summed E-state index contributed by atoms with van der Waals surface area (Å²) in [5.74, 6) is 0.211. The van der Waals surface area contributed by atoms with E-state index in [1.54, 1.807) is 0 Å². The van der Waals surface area contributed by atoms with Crippen LogP contribution < -0.4 is 0 Å². The standard InChI is InChI=1S/C9H10O.V.Y/c1-6-4-8(3)9(10)5-7(6)2;;/h10H,1-3H3;;/q-2;;. The fraction of sp³-hybridized carbons (Fsp3) is 0.333. The van der Waals surface area contributed by atoms with E-state index in [-0.39, 0.29) is 57.0 Å². The van der Waals surface area contributed by atoms with Crippen LogP contribution in [-0.2, 0) is 51.3 Å². The van der Waals surface area contributed by atoms with Gasteiger partial charge in [-0.05, 0) is 0 Å². The van der Waals surface area contributed by atoms with Gasteiger partial charge in [-0.25, -0.2) is 5.56 Å². The molecule has 0 unspecified atom stereocenters. The van der Waals surface area contributed by atoms with E-state index < -0.39 is 0 Å². The molecule has 0 aliphatic rings. The minimum atomic E-state index is 0. The summed E-state index contributed by atoms with van der Waals surface area (Å²) in [6.07, 6.45) is 0. The van der Waals surface area contributed by atoms with Crippen molar-refractivity contribution in [1.82, 2.24) is 0 Å². The summed E-state index contributed by atoms with van der Waals surface area (Å²) >= 11 is 0. The predicted octanol–water partition coefficient (Wildman–Crippen LogP) is 1.91. The second-order valence-corrected chi connectivity index (χ2v) is 2.47. The third-order valence-electron chi connectivity index (χ3n) is 1.60. The first-order valence-electron chi connectivity index (χ1n) is 3.22. The van der Waals surface area contributed by atoms with Gasteiger partial charge in [0.25, 0.3) is 0 Å². The second kappa shape index (κ2) is 6.21. The van der Waals surface area contributed by atoms with Crippen molar-refractivity contribution in [3.63, 3.8) is 0 Å². The number of rotatable bonds is 0. The Balaban J connectivity index is 0. The molecule has 0 saturated heterocycles. The quantitative estimate of drug-likeness (QED) is 0.716. The number of phenols is 1. The molecule has 0 saturated carbocycles. The van der Waals surface area contributed by atoms with E-state index in [0.717, 1.165) is 16.7 Å². The van der Waals surface area contributed by atoms with Gasteiger partial charge in [-0.15, -0.1) is 26.5 Å². The molecule has 0 atom stereocenters. The molecule has 0 spiro atoms. The van der Waals surface area contributed by atoms with Crippen LogP contribution in [0.3, 0.4) is 0 Å². The molecule has 3 heteroatoms. The van der Waals surface area contributed by atoms with Gasteiger partial charge in [0.05, 0.1) is 0 Å². The van der Waals surface area contributed by atoms with Gasteiger partial charge in [-0.2, -0.15) is 0 Å². The topological polar surface area (TPSA) is 20.2 Å². The maximum Gasteiger partial charge on any atom is 0 e. The molecule has 1 N–H and O–H groups in total. The van der Waals surface area contributed by atoms with Gasteiger partial charge in [-0.3, -0.25) is 17.2 Å². The summed E-state index contributed by atoms with van der Waals surface area (Å²) < 4.78 is 0. The molecule has 0 aliphatic carbocycles. The molecule has 2 radical (unpaired) electrons. The van der Waals surface area contributed by atoms with Gasteiger partial charge in [0.1, 0.15) is 0 Å². The molecular formula is C9H10OVY-2. The molecule has 0 aromatic heterocycles. The third kappa shape index (κ3) is 3.62. The number of benzene rings is 1. The van der Waals surface area contributed by atoms with E-state index in [0.29, 0.717) is 0 Å². The van der Waals surface area contributed by atoms with Crippen molar-refractivity contribution < 1.29 is 56.4 Å². The predicted molar refractivity (Wildman–Crippen MR) is 40.0 cm³/mol. The smallest absolute Gasteiger partial charge is 0 e. The number of aryl methyl sites for hydroxylation is 3. The molecule has 0 heterocycles. The van der Waals surface area contributed by atoms with Crippen molar-refractivity contribution in [2.45, 2.75) is 20.8 Å². The van der Waals surface area contributed by atoms with Crippen molar-refractivity contribution in [2.24, 2.45) is 0 Å². The zero-order valence-corrected chi connectivity index (χ0v) is 11.7. The van der Waals surface area contributed by atoms with E-state index in [1.807, 2.05) is 20.8 Å². The molecule has 0 amide bonds. The summed E-state index contributed by atoms with van der Waals surface area (Å²) in [4.78, 5) is 0. The van der Waals surface area contributed by atoms with Crippen LogP contribution in [0.5, 0.6) is 5.75 Å². The van der Waals surface area contributed by atoms with E-state index in [2.05, 4.69) is 12.1 Å². The number of phenolic OH excluding ortho intramolecular Hbond substituents is 1. The van der Waals surface area contributed by atoms with Crippen molar-refractivity contribution in [3.8, 4) is 5.75 Å². The van der Waals surface area contributed by atoms with Crippen molar-refractivity contribution in [2.75, 3.05) is 0 Å². The maximum absolute atomic E-state index is 9.14. The van der Waals surface area contributed by atoms with Gasteiger partial charge in [0, 0.05) is 51.3 Å².